The first-order valence-corrected chi connectivity index (χ1v) is 8.48. The van der Waals surface area contributed by atoms with Crippen LogP contribution in [-0.4, -0.2) is 21.0 Å². The normalized spacial score (nSPS) is 10.6. The minimum absolute atomic E-state index is 0.196. The summed E-state index contributed by atoms with van der Waals surface area (Å²) in [5.74, 6) is 0.253. The number of anilines is 3. The van der Waals surface area contributed by atoms with E-state index in [1.165, 1.54) is 18.5 Å². The molecule has 0 saturated carbocycles. The molecule has 1 aromatic heterocycles. The van der Waals surface area contributed by atoms with E-state index in [9.17, 15) is 4.79 Å². The van der Waals surface area contributed by atoms with Crippen LogP contribution in [0.3, 0.4) is 0 Å². The lowest BCUT2D eigenvalue weighted by molar-refractivity contribution is 0.0697. The number of nitrogen functional groups attached to an aromatic ring is 1. The van der Waals surface area contributed by atoms with Crippen molar-refractivity contribution >= 4 is 33.9 Å². The number of carboxylic acids is 1. The van der Waals surface area contributed by atoms with Crippen molar-refractivity contribution in [3.05, 3.63) is 78.6 Å². The number of hydrogen-bond donors (Lipinski definition) is 3. The van der Waals surface area contributed by atoms with Gasteiger partial charge in [0, 0.05) is 11.1 Å². The molecule has 0 aliphatic heterocycles. The monoisotopic (exact) mass is 372 g/mol. The standard InChI is InChI=1S/C21H16N4O3/c22-18-19(25-15-10-8-14(9-11-15)21(26)27)23-12-24-20(18)28-17-7-3-5-13-4-1-2-6-16(13)17/h1-12H,22H2,(H,26,27)(H,23,24,25). The van der Waals surface area contributed by atoms with Crippen molar-refractivity contribution in [2.75, 3.05) is 11.1 Å². The second-order valence-corrected chi connectivity index (χ2v) is 6.03. The van der Waals surface area contributed by atoms with Gasteiger partial charge in [-0.3, -0.25) is 0 Å². The molecule has 0 unspecified atom stereocenters. The number of aromatic nitrogens is 2. The van der Waals surface area contributed by atoms with Gasteiger partial charge in [-0.05, 0) is 35.7 Å². The molecule has 1 heterocycles. The number of carbonyl (C=O) groups is 1. The minimum atomic E-state index is -0.987. The number of carboxylic acid groups (broad SMARTS) is 1. The van der Waals surface area contributed by atoms with E-state index in [2.05, 4.69) is 15.3 Å². The number of fused-ring (bicyclic) bond motifs is 1. The van der Waals surface area contributed by atoms with Crippen molar-refractivity contribution in [3.8, 4) is 11.6 Å². The SMILES string of the molecule is Nc1c(Nc2ccc(C(=O)O)cc2)ncnc1Oc1cccc2ccccc12. The maximum absolute atomic E-state index is 11.0. The van der Waals surface area contributed by atoms with Crippen LogP contribution >= 0.6 is 0 Å². The lowest BCUT2D eigenvalue weighted by Gasteiger charge is -2.13. The average Bonchev–Trinajstić information content (AvgIpc) is 2.71. The number of hydrogen-bond acceptors (Lipinski definition) is 6. The molecule has 7 heteroatoms. The van der Waals surface area contributed by atoms with Crippen LogP contribution in [0.25, 0.3) is 10.8 Å². The molecule has 4 N–H and O–H groups in total. The molecule has 4 aromatic rings. The van der Waals surface area contributed by atoms with Crippen molar-refractivity contribution in [1.29, 1.82) is 0 Å². The van der Waals surface area contributed by atoms with Gasteiger partial charge in [0.15, 0.2) is 5.82 Å². The van der Waals surface area contributed by atoms with E-state index in [-0.39, 0.29) is 17.1 Å². The summed E-state index contributed by atoms with van der Waals surface area (Å²) in [5.41, 5.74) is 7.28. The molecular formula is C21H16N4O3. The first-order chi connectivity index (χ1) is 13.6. The number of aromatic carboxylic acids is 1. The van der Waals surface area contributed by atoms with Gasteiger partial charge in [0.1, 0.15) is 17.8 Å². The van der Waals surface area contributed by atoms with Crippen molar-refractivity contribution in [3.63, 3.8) is 0 Å². The lowest BCUT2D eigenvalue weighted by Crippen LogP contribution is -2.03. The fraction of sp³-hybridized carbons (Fsp3) is 0. The zero-order valence-corrected chi connectivity index (χ0v) is 14.7. The Morgan fingerprint density at radius 3 is 2.50 bits per heavy atom. The van der Waals surface area contributed by atoms with Crippen LogP contribution in [0.5, 0.6) is 11.6 Å². The Morgan fingerprint density at radius 2 is 1.71 bits per heavy atom. The highest BCUT2D eigenvalue weighted by molar-refractivity contribution is 5.89. The highest BCUT2D eigenvalue weighted by Crippen LogP contribution is 2.34. The summed E-state index contributed by atoms with van der Waals surface area (Å²) < 4.78 is 5.96. The van der Waals surface area contributed by atoms with Gasteiger partial charge in [-0.1, -0.05) is 36.4 Å². The van der Waals surface area contributed by atoms with Crippen LogP contribution in [0.4, 0.5) is 17.2 Å². The Hall–Kier alpha value is -4.13. The van der Waals surface area contributed by atoms with Gasteiger partial charge in [-0.25, -0.2) is 9.78 Å². The minimum Gasteiger partial charge on any atom is -0.478 e. The number of nitrogens with one attached hydrogen (secondary N) is 1. The molecule has 0 fully saturated rings. The van der Waals surface area contributed by atoms with Crippen LogP contribution in [0.1, 0.15) is 10.4 Å². The summed E-state index contributed by atoms with van der Waals surface area (Å²) in [6.45, 7) is 0. The fourth-order valence-electron chi connectivity index (χ4n) is 2.78. The lowest BCUT2D eigenvalue weighted by atomic mass is 10.1. The second-order valence-electron chi connectivity index (χ2n) is 6.03. The van der Waals surface area contributed by atoms with E-state index in [1.54, 1.807) is 12.1 Å². The third-order valence-electron chi connectivity index (χ3n) is 4.20. The summed E-state index contributed by atoms with van der Waals surface area (Å²) in [7, 11) is 0. The summed E-state index contributed by atoms with van der Waals surface area (Å²) in [4.78, 5) is 19.3. The van der Waals surface area contributed by atoms with E-state index < -0.39 is 5.97 Å². The van der Waals surface area contributed by atoms with Crippen LogP contribution in [0.15, 0.2) is 73.1 Å². The van der Waals surface area contributed by atoms with E-state index in [1.807, 2.05) is 42.5 Å². The highest BCUT2D eigenvalue weighted by atomic mass is 16.5. The van der Waals surface area contributed by atoms with Gasteiger partial charge >= 0.3 is 5.97 Å². The van der Waals surface area contributed by atoms with Crippen LogP contribution in [0.2, 0.25) is 0 Å². The Balaban J connectivity index is 1.62. The summed E-state index contributed by atoms with van der Waals surface area (Å²) in [6, 6.07) is 19.9. The van der Waals surface area contributed by atoms with E-state index in [4.69, 9.17) is 15.6 Å². The number of benzene rings is 3. The molecule has 0 radical (unpaired) electrons. The highest BCUT2D eigenvalue weighted by Gasteiger charge is 2.12. The van der Waals surface area contributed by atoms with Crippen molar-refractivity contribution in [1.82, 2.24) is 9.97 Å². The smallest absolute Gasteiger partial charge is 0.335 e. The Labute approximate surface area is 160 Å². The van der Waals surface area contributed by atoms with Crippen LogP contribution in [0, 0.1) is 0 Å². The molecule has 0 aliphatic rings. The topological polar surface area (TPSA) is 110 Å². The Kier molecular flexibility index (Phi) is 4.47. The predicted molar refractivity (Wildman–Crippen MR) is 107 cm³/mol. The van der Waals surface area contributed by atoms with Gasteiger partial charge in [0.2, 0.25) is 5.88 Å². The van der Waals surface area contributed by atoms with Gasteiger partial charge in [0.25, 0.3) is 0 Å². The van der Waals surface area contributed by atoms with Crippen LogP contribution < -0.4 is 15.8 Å². The quantitative estimate of drug-likeness (QED) is 0.475. The molecule has 0 atom stereocenters. The molecule has 7 nitrogen and oxygen atoms in total. The summed E-state index contributed by atoms with van der Waals surface area (Å²) in [5, 5.41) is 14.0. The Bertz CT molecular complexity index is 1150. The summed E-state index contributed by atoms with van der Waals surface area (Å²) >= 11 is 0. The third kappa shape index (κ3) is 3.41. The molecular weight excluding hydrogens is 356 g/mol. The molecule has 4 rings (SSSR count). The molecule has 138 valence electrons. The molecule has 3 aromatic carbocycles. The van der Waals surface area contributed by atoms with E-state index in [0.717, 1.165) is 10.8 Å². The third-order valence-corrected chi connectivity index (χ3v) is 4.20. The maximum atomic E-state index is 11.0. The van der Waals surface area contributed by atoms with E-state index >= 15 is 0 Å². The number of nitrogens with zero attached hydrogens (tertiary/aromatic N) is 2. The molecule has 0 aliphatic carbocycles. The summed E-state index contributed by atoms with van der Waals surface area (Å²) in [6.07, 6.45) is 1.35. The first kappa shape index (κ1) is 17.3. The number of ether oxygens (including phenoxy) is 1. The molecule has 0 bridgehead atoms. The second kappa shape index (κ2) is 7.24. The molecule has 0 amide bonds. The zero-order valence-electron chi connectivity index (χ0n) is 14.7. The zero-order chi connectivity index (χ0) is 19.5. The van der Waals surface area contributed by atoms with E-state index in [0.29, 0.717) is 17.3 Å². The first-order valence-electron chi connectivity index (χ1n) is 8.48. The maximum Gasteiger partial charge on any atom is 0.335 e. The molecule has 0 spiro atoms. The fourth-order valence-corrected chi connectivity index (χ4v) is 2.78. The predicted octanol–water partition coefficient (Wildman–Crippen LogP) is 4.45. The van der Waals surface area contributed by atoms with Gasteiger partial charge < -0.3 is 20.9 Å². The van der Waals surface area contributed by atoms with Gasteiger partial charge in [0.05, 0.1) is 5.56 Å². The largest absolute Gasteiger partial charge is 0.478 e. The molecule has 28 heavy (non-hydrogen) atoms. The van der Waals surface area contributed by atoms with Crippen LogP contribution in [-0.2, 0) is 0 Å². The number of nitrogens with two attached hydrogens (primary N) is 1. The number of rotatable bonds is 5. The van der Waals surface area contributed by atoms with Crippen molar-refractivity contribution < 1.29 is 14.6 Å². The van der Waals surface area contributed by atoms with Crippen molar-refractivity contribution in [2.24, 2.45) is 0 Å². The van der Waals surface area contributed by atoms with Gasteiger partial charge in [-0.15, -0.1) is 0 Å². The average molecular weight is 372 g/mol. The Morgan fingerprint density at radius 1 is 0.964 bits per heavy atom. The van der Waals surface area contributed by atoms with Gasteiger partial charge in [-0.2, -0.15) is 4.98 Å². The van der Waals surface area contributed by atoms with Crippen molar-refractivity contribution in [2.45, 2.75) is 0 Å². The molecule has 0 saturated heterocycles.